The number of thiazole rings is 1. The van der Waals surface area contributed by atoms with Crippen molar-refractivity contribution in [1.29, 1.82) is 0 Å². The van der Waals surface area contributed by atoms with Gasteiger partial charge in [0.25, 0.3) is 0 Å². The van der Waals surface area contributed by atoms with E-state index in [2.05, 4.69) is 11.1 Å². The Morgan fingerprint density at radius 1 is 1.39 bits per heavy atom. The molecule has 1 fully saturated rings. The summed E-state index contributed by atoms with van der Waals surface area (Å²) in [6.45, 7) is 2.14. The number of imidazole rings is 1. The summed E-state index contributed by atoms with van der Waals surface area (Å²) >= 11 is 1.55. The summed E-state index contributed by atoms with van der Waals surface area (Å²) in [5, 5.41) is 0. The normalized spacial score (nSPS) is 15.5. The zero-order valence-electron chi connectivity index (χ0n) is 12.9. The molecule has 23 heavy (non-hydrogen) atoms. The largest absolute Gasteiger partial charge is 0.490 e. The van der Waals surface area contributed by atoms with Gasteiger partial charge in [0.1, 0.15) is 5.75 Å². The number of ether oxygens (including phenoxy) is 2. The van der Waals surface area contributed by atoms with E-state index in [-0.39, 0.29) is 5.97 Å². The molecule has 0 bridgehead atoms. The Labute approximate surface area is 137 Å². The predicted octanol–water partition coefficient (Wildman–Crippen LogP) is 4.05. The Kier molecular flexibility index (Phi) is 3.69. The Morgan fingerprint density at radius 3 is 3.00 bits per heavy atom. The van der Waals surface area contributed by atoms with Gasteiger partial charge in [0, 0.05) is 6.20 Å². The molecule has 1 aromatic carbocycles. The van der Waals surface area contributed by atoms with E-state index in [1.54, 1.807) is 24.5 Å². The molecule has 3 aromatic rings. The predicted molar refractivity (Wildman–Crippen MR) is 89.4 cm³/mol. The van der Waals surface area contributed by atoms with E-state index in [1.165, 1.54) is 12.8 Å². The zero-order chi connectivity index (χ0) is 15.8. The Bertz CT molecular complexity index is 861. The van der Waals surface area contributed by atoms with E-state index in [1.807, 2.05) is 16.5 Å². The van der Waals surface area contributed by atoms with Crippen LogP contribution in [-0.2, 0) is 4.74 Å². The quantitative estimate of drug-likeness (QED) is 0.677. The summed E-state index contributed by atoms with van der Waals surface area (Å²) in [6, 6.07) is 6.09. The molecule has 0 spiro atoms. The van der Waals surface area contributed by atoms with E-state index < -0.39 is 0 Å². The molecule has 1 aliphatic rings. The molecule has 2 heterocycles. The number of rotatable bonds is 4. The maximum absolute atomic E-state index is 11.8. The van der Waals surface area contributed by atoms with Crippen LogP contribution in [0.4, 0.5) is 0 Å². The van der Waals surface area contributed by atoms with Gasteiger partial charge in [0.05, 0.1) is 22.9 Å². The van der Waals surface area contributed by atoms with Crippen LogP contribution in [0.5, 0.6) is 5.75 Å². The molecule has 6 heteroatoms. The van der Waals surface area contributed by atoms with Gasteiger partial charge in [-0.15, -0.1) is 0 Å². The molecule has 1 saturated carbocycles. The first-order chi connectivity index (χ1) is 11.2. The number of carbonyl (C=O) groups excluding carboxylic acids is 1. The molecule has 0 amide bonds. The van der Waals surface area contributed by atoms with E-state index >= 15 is 0 Å². The fraction of sp³-hybridized carbons (Fsp3) is 0.412. The molecular formula is C17H18N2O3S. The van der Waals surface area contributed by atoms with Crippen molar-refractivity contribution in [1.82, 2.24) is 9.38 Å². The summed E-state index contributed by atoms with van der Waals surface area (Å²) < 4.78 is 14.1. The van der Waals surface area contributed by atoms with Crippen LogP contribution >= 0.6 is 11.3 Å². The molecule has 120 valence electrons. The molecule has 0 aliphatic heterocycles. The van der Waals surface area contributed by atoms with Gasteiger partial charge in [0.15, 0.2) is 10.7 Å². The number of hydrogen-bond acceptors (Lipinski definition) is 5. The van der Waals surface area contributed by atoms with Crippen LogP contribution < -0.4 is 4.74 Å². The third-order valence-electron chi connectivity index (χ3n) is 4.16. The smallest absolute Gasteiger partial charge is 0.358 e. The summed E-state index contributed by atoms with van der Waals surface area (Å²) in [5.41, 5.74) is 1.39. The number of aromatic nitrogens is 2. The number of benzene rings is 1. The van der Waals surface area contributed by atoms with Gasteiger partial charge in [-0.25, -0.2) is 9.78 Å². The Balaban J connectivity index is 1.66. The molecule has 5 nitrogen and oxygen atoms in total. The standard InChI is InChI=1S/C17H18N2O3S/c1-2-21-16(20)13-10-19-14-8-7-12(22-11-5-3-4-6-11)9-15(14)23-17(19)18-13/h7-11H,2-6H2,1H3. The lowest BCUT2D eigenvalue weighted by Gasteiger charge is -2.12. The second kappa shape index (κ2) is 5.85. The number of esters is 1. The van der Waals surface area contributed by atoms with Crippen LogP contribution in [0.2, 0.25) is 0 Å². The average Bonchev–Trinajstić information content (AvgIpc) is 3.22. The molecule has 0 atom stereocenters. The first-order valence-corrected chi connectivity index (χ1v) is 8.81. The fourth-order valence-corrected chi connectivity index (χ4v) is 4.09. The minimum Gasteiger partial charge on any atom is -0.490 e. The maximum atomic E-state index is 11.8. The first kappa shape index (κ1) is 14.5. The van der Waals surface area contributed by atoms with Gasteiger partial charge < -0.3 is 9.47 Å². The number of carbonyl (C=O) groups is 1. The molecule has 0 unspecified atom stereocenters. The van der Waals surface area contributed by atoms with E-state index in [9.17, 15) is 4.79 Å². The summed E-state index contributed by atoms with van der Waals surface area (Å²) in [4.78, 5) is 16.9. The van der Waals surface area contributed by atoms with Crippen molar-refractivity contribution < 1.29 is 14.3 Å². The van der Waals surface area contributed by atoms with Crippen molar-refractivity contribution in [2.75, 3.05) is 6.61 Å². The number of fused-ring (bicyclic) bond motifs is 3. The molecule has 0 saturated heterocycles. The number of hydrogen-bond donors (Lipinski definition) is 0. The van der Waals surface area contributed by atoms with Gasteiger partial charge >= 0.3 is 5.97 Å². The molecule has 0 radical (unpaired) electrons. The third-order valence-corrected chi connectivity index (χ3v) is 5.17. The third kappa shape index (κ3) is 2.67. The van der Waals surface area contributed by atoms with E-state index in [0.717, 1.165) is 33.8 Å². The summed E-state index contributed by atoms with van der Waals surface area (Å²) in [5.74, 6) is 0.539. The van der Waals surface area contributed by atoms with Crippen molar-refractivity contribution in [3.05, 3.63) is 30.1 Å². The molecule has 0 N–H and O–H groups in total. The average molecular weight is 330 g/mol. The lowest BCUT2D eigenvalue weighted by Crippen LogP contribution is -2.10. The van der Waals surface area contributed by atoms with Crippen molar-refractivity contribution in [3.8, 4) is 5.75 Å². The van der Waals surface area contributed by atoms with E-state index in [0.29, 0.717) is 18.4 Å². The van der Waals surface area contributed by atoms with Gasteiger partial charge in [-0.3, -0.25) is 4.40 Å². The fourth-order valence-electron chi connectivity index (χ4n) is 3.06. The summed E-state index contributed by atoms with van der Waals surface area (Å²) in [7, 11) is 0. The van der Waals surface area contributed by atoms with Crippen LogP contribution in [-0.4, -0.2) is 28.1 Å². The highest BCUT2D eigenvalue weighted by Crippen LogP contribution is 2.31. The highest BCUT2D eigenvalue weighted by atomic mass is 32.1. The Morgan fingerprint density at radius 2 is 2.22 bits per heavy atom. The minimum atomic E-state index is -0.377. The monoisotopic (exact) mass is 330 g/mol. The van der Waals surface area contributed by atoms with Gasteiger partial charge in [-0.2, -0.15) is 0 Å². The molecule has 2 aromatic heterocycles. The van der Waals surface area contributed by atoms with E-state index in [4.69, 9.17) is 9.47 Å². The summed E-state index contributed by atoms with van der Waals surface area (Å²) in [6.07, 6.45) is 6.91. The minimum absolute atomic E-state index is 0.353. The Hall–Kier alpha value is -2.08. The van der Waals surface area contributed by atoms with Crippen molar-refractivity contribution in [2.45, 2.75) is 38.7 Å². The van der Waals surface area contributed by atoms with Crippen LogP contribution in [0.3, 0.4) is 0 Å². The van der Waals surface area contributed by atoms with Gasteiger partial charge in [-0.1, -0.05) is 11.3 Å². The van der Waals surface area contributed by atoms with Crippen LogP contribution in [0, 0.1) is 0 Å². The van der Waals surface area contributed by atoms with Crippen molar-refractivity contribution in [2.24, 2.45) is 0 Å². The number of nitrogens with zero attached hydrogens (tertiary/aromatic N) is 2. The maximum Gasteiger partial charge on any atom is 0.358 e. The second-order valence-electron chi connectivity index (χ2n) is 5.76. The lowest BCUT2D eigenvalue weighted by molar-refractivity contribution is 0.0520. The first-order valence-electron chi connectivity index (χ1n) is 8.00. The SMILES string of the molecule is CCOC(=O)c1cn2c(n1)sc1cc(OC3CCCC3)ccc12. The van der Waals surface area contributed by atoms with Gasteiger partial charge in [0.2, 0.25) is 0 Å². The van der Waals surface area contributed by atoms with Crippen molar-refractivity contribution >= 4 is 32.5 Å². The van der Waals surface area contributed by atoms with Crippen LogP contribution in [0.25, 0.3) is 15.2 Å². The molecular weight excluding hydrogens is 312 g/mol. The highest BCUT2D eigenvalue weighted by molar-refractivity contribution is 7.23. The van der Waals surface area contributed by atoms with Crippen LogP contribution in [0.15, 0.2) is 24.4 Å². The lowest BCUT2D eigenvalue weighted by atomic mass is 10.3. The molecule has 4 rings (SSSR count). The van der Waals surface area contributed by atoms with Crippen molar-refractivity contribution in [3.63, 3.8) is 0 Å². The molecule has 1 aliphatic carbocycles. The zero-order valence-corrected chi connectivity index (χ0v) is 13.8. The topological polar surface area (TPSA) is 52.8 Å². The van der Waals surface area contributed by atoms with Crippen LogP contribution in [0.1, 0.15) is 43.1 Å². The highest BCUT2D eigenvalue weighted by Gasteiger charge is 2.18. The second-order valence-corrected chi connectivity index (χ2v) is 6.76. The van der Waals surface area contributed by atoms with Gasteiger partial charge in [-0.05, 0) is 50.8 Å².